The Morgan fingerprint density at radius 2 is 1.82 bits per heavy atom. The number of aliphatic carboxylic acids is 1. The SMILES string of the molecule is NC(=NCCC[C@H](NC(=O)[C@@H]1CCCN1C(=O)CCC1CCCCC1)C(=O)O)NC(=O)OCc1ccccc1. The smallest absolute Gasteiger partial charge is 0.414 e. The molecule has 0 radical (unpaired) electrons. The number of aliphatic imine (C=N–C) groups is 1. The lowest BCUT2D eigenvalue weighted by molar-refractivity contribution is -0.144. The molecular formula is C28H41N5O6. The summed E-state index contributed by atoms with van der Waals surface area (Å²) in [6, 6.07) is 7.43. The summed E-state index contributed by atoms with van der Waals surface area (Å²) >= 11 is 0. The summed E-state index contributed by atoms with van der Waals surface area (Å²) < 4.78 is 5.07. The number of guanidine groups is 1. The molecule has 0 spiro atoms. The fourth-order valence-corrected chi connectivity index (χ4v) is 5.21. The summed E-state index contributed by atoms with van der Waals surface area (Å²) in [7, 11) is 0. The van der Waals surface area contributed by atoms with Gasteiger partial charge in [-0.3, -0.25) is 19.9 Å². The molecule has 214 valence electrons. The summed E-state index contributed by atoms with van der Waals surface area (Å²) in [5.74, 6) is -1.17. The van der Waals surface area contributed by atoms with E-state index in [4.69, 9.17) is 10.5 Å². The van der Waals surface area contributed by atoms with E-state index in [1.165, 1.54) is 32.1 Å². The molecule has 11 heteroatoms. The van der Waals surface area contributed by atoms with Crippen LogP contribution in [0.5, 0.6) is 0 Å². The molecule has 5 N–H and O–H groups in total. The molecule has 2 atom stereocenters. The number of carbonyl (C=O) groups excluding carboxylic acids is 3. The summed E-state index contributed by atoms with van der Waals surface area (Å²) in [5, 5.41) is 14.5. The van der Waals surface area contributed by atoms with Crippen LogP contribution in [0, 0.1) is 5.92 Å². The third kappa shape index (κ3) is 10.2. The highest BCUT2D eigenvalue weighted by Crippen LogP contribution is 2.28. The first-order chi connectivity index (χ1) is 18.8. The summed E-state index contributed by atoms with van der Waals surface area (Å²) in [6.07, 6.45) is 8.28. The number of carbonyl (C=O) groups is 4. The van der Waals surface area contributed by atoms with Gasteiger partial charge in [-0.25, -0.2) is 9.59 Å². The Morgan fingerprint density at radius 3 is 2.54 bits per heavy atom. The molecule has 0 aromatic heterocycles. The molecule has 1 aromatic carbocycles. The monoisotopic (exact) mass is 543 g/mol. The summed E-state index contributed by atoms with van der Waals surface area (Å²) in [5.41, 5.74) is 6.54. The van der Waals surface area contributed by atoms with E-state index in [-0.39, 0.29) is 31.4 Å². The number of amides is 3. The Morgan fingerprint density at radius 1 is 1.08 bits per heavy atom. The second-order valence-electron chi connectivity index (χ2n) is 10.3. The molecule has 2 aliphatic rings. The van der Waals surface area contributed by atoms with Crippen LogP contribution in [-0.4, -0.2) is 65.0 Å². The van der Waals surface area contributed by atoms with E-state index in [1.54, 1.807) is 4.90 Å². The highest BCUT2D eigenvalue weighted by atomic mass is 16.5. The maximum Gasteiger partial charge on any atom is 0.414 e. The van der Waals surface area contributed by atoms with E-state index in [9.17, 15) is 24.3 Å². The maximum absolute atomic E-state index is 12.9. The van der Waals surface area contributed by atoms with Crippen LogP contribution >= 0.6 is 0 Å². The van der Waals surface area contributed by atoms with Gasteiger partial charge in [-0.1, -0.05) is 62.4 Å². The number of rotatable bonds is 12. The number of likely N-dealkylation sites (tertiary alicyclic amines) is 1. The third-order valence-corrected chi connectivity index (χ3v) is 7.36. The van der Waals surface area contributed by atoms with Crippen LogP contribution in [0.2, 0.25) is 0 Å². The molecule has 3 rings (SSSR count). The Bertz CT molecular complexity index is 995. The van der Waals surface area contributed by atoms with Gasteiger partial charge in [-0.05, 0) is 43.6 Å². The fourth-order valence-electron chi connectivity index (χ4n) is 5.21. The van der Waals surface area contributed by atoms with Gasteiger partial charge in [0.2, 0.25) is 11.8 Å². The van der Waals surface area contributed by atoms with Crippen molar-refractivity contribution in [3.8, 4) is 0 Å². The average Bonchev–Trinajstić information content (AvgIpc) is 3.43. The lowest BCUT2D eigenvalue weighted by Crippen LogP contribution is -2.51. The number of hydrogen-bond acceptors (Lipinski definition) is 6. The maximum atomic E-state index is 12.9. The second-order valence-corrected chi connectivity index (χ2v) is 10.3. The van der Waals surface area contributed by atoms with Crippen LogP contribution in [0.15, 0.2) is 35.3 Å². The molecule has 1 saturated carbocycles. The van der Waals surface area contributed by atoms with Gasteiger partial charge in [-0.15, -0.1) is 0 Å². The average molecular weight is 544 g/mol. The number of carboxylic acids is 1. The Balaban J connectivity index is 1.39. The number of benzene rings is 1. The van der Waals surface area contributed by atoms with Crippen molar-refractivity contribution in [3.63, 3.8) is 0 Å². The van der Waals surface area contributed by atoms with E-state index in [0.29, 0.717) is 31.7 Å². The number of carboxylic acid groups (broad SMARTS) is 1. The zero-order chi connectivity index (χ0) is 28.0. The van der Waals surface area contributed by atoms with Crippen molar-refractivity contribution in [2.24, 2.45) is 16.6 Å². The summed E-state index contributed by atoms with van der Waals surface area (Å²) in [6.45, 7) is 0.762. The first kappa shape index (κ1) is 29.9. The molecule has 11 nitrogen and oxygen atoms in total. The predicted octanol–water partition coefficient (Wildman–Crippen LogP) is 2.93. The Labute approximate surface area is 229 Å². The molecule has 1 heterocycles. The zero-order valence-corrected chi connectivity index (χ0v) is 22.5. The number of ether oxygens (including phenoxy) is 1. The van der Waals surface area contributed by atoms with Gasteiger partial charge in [-0.2, -0.15) is 0 Å². The minimum Gasteiger partial charge on any atom is -0.480 e. The molecule has 1 aliphatic heterocycles. The van der Waals surface area contributed by atoms with Crippen LogP contribution in [0.4, 0.5) is 4.79 Å². The molecule has 0 bridgehead atoms. The lowest BCUT2D eigenvalue weighted by Gasteiger charge is -2.27. The van der Waals surface area contributed by atoms with E-state index >= 15 is 0 Å². The molecule has 2 fully saturated rings. The molecule has 3 amide bonds. The highest BCUT2D eigenvalue weighted by Gasteiger charge is 2.35. The van der Waals surface area contributed by atoms with Crippen molar-refractivity contribution in [1.29, 1.82) is 0 Å². The molecular weight excluding hydrogens is 502 g/mol. The van der Waals surface area contributed by atoms with E-state index in [1.807, 2.05) is 30.3 Å². The molecule has 1 aliphatic carbocycles. The lowest BCUT2D eigenvalue weighted by atomic mass is 9.86. The van der Waals surface area contributed by atoms with Crippen LogP contribution in [-0.2, 0) is 25.7 Å². The van der Waals surface area contributed by atoms with Crippen LogP contribution < -0.4 is 16.4 Å². The first-order valence-corrected chi connectivity index (χ1v) is 13.9. The van der Waals surface area contributed by atoms with Crippen molar-refractivity contribution in [3.05, 3.63) is 35.9 Å². The fraction of sp³-hybridized carbons (Fsp3) is 0.607. The van der Waals surface area contributed by atoms with Gasteiger partial charge in [0, 0.05) is 19.5 Å². The third-order valence-electron chi connectivity index (χ3n) is 7.36. The van der Waals surface area contributed by atoms with Crippen molar-refractivity contribution >= 4 is 29.8 Å². The number of alkyl carbamates (subject to hydrolysis) is 1. The summed E-state index contributed by atoms with van der Waals surface area (Å²) in [4.78, 5) is 55.1. The second kappa shape index (κ2) is 15.7. The minimum absolute atomic E-state index is 0.0234. The molecule has 1 aromatic rings. The van der Waals surface area contributed by atoms with Gasteiger partial charge in [0.1, 0.15) is 18.7 Å². The van der Waals surface area contributed by atoms with Gasteiger partial charge < -0.3 is 25.8 Å². The zero-order valence-electron chi connectivity index (χ0n) is 22.5. The number of nitrogens with one attached hydrogen (secondary N) is 2. The Kier molecular flexibility index (Phi) is 12.0. The predicted molar refractivity (Wildman–Crippen MR) is 146 cm³/mol. The van der Waals surface area contributed by atoms with Crippen molar-refractivity contribution < 1.29 is 29.0 Å². The van der Waals surface area contributed by atoms with Crippen LogP contribution in [0.1, 0.15) is 76.2 Å². The normalized spacial score (nSPS) is 18.8. The van der Waals surface area contributed by atoms with Crippen LogP contribution in [0.3, 0.4) is 0 Å². The van der Waals surface area contributed by atoms with E-state index in [0.717, 1.165) is 18.4 Å². The van der Waals surface area contributed by atoms with Gasteiger partial charge in [0.25, 0.3) is 0 Å². The van der Waals surface area contributed by atoms with E-state index in [2.05, 4.69) is 15.6 Å². The first-order valence-electron chi connectivity index (χ1n) is 13.9. The Hall–Kier alpha value is -3.63. The minimum atomic E-state index is -1.16. The largest absolute Gasteiger partial charge is 0.480 e. The van der Waals surface area contributed by atoms with Gasteiger partial charge in [0.05, 0.1) is 0 Å². The van der Waals surface area contributed by atoms with Crippen molar-refractivity contribution in [1.82, 2.24) is 15.5 Å². The number of nitrogens with two attached hydrogens (primary N) is 1. The topological polar surface area (TPSA) is 163 Å². The highest BCUT2D eigenvalue weighted by molar-refractivity contribution is 5.93. The molecule has 1 saturated heterocycles. The van der Waals surface area contributed by atoms with Gasteiger partial charge in [0.15, 0.2) is 5.96 Å². The quantitative estimate of drug-likeness (QED) is 0.179. The van der Waals surface area contributed by atoms with E-state index < -0.39 is 30.1 Å². The standard InChI is InChI=1S/C28H41N5O6/c29-27(32-28(38)39-19-21-11-5-2-6-12-21)30-17-7-13-22(26(36)37)31-25(35)23-14-8-18-33(23)24(34)16-15-20-9-3-1-4-10-20/h2,5-6,11-12,20,22-23H,1,3-4,7-10,13-19H2,(H,31,35)(H,36,37)(H3,29,30,32,38)/t22-,23-/m0/s1. The van der Waals surface area contributed by atoms with Crippen molar-refractivity contribution in [2.45, 2.75) is 89.3 Å². The van der Waals surface area contributed by atoms with Crippen LogP contribution in [0.25, 0.3) is 0 Å². The van der Waals surface area contributed by atoms with Gasteiger partial charge >= 0.3 is 12.1 Å². The number of hydrogen-bond donors (Lipinski definition) is 4. The molecule has 0 unspecified atom stereocenters. The molecule has 39 heavy (non-hydrogen) atoms. The number of nitrogens with zero attached hydrogens (tertiary/aromatic N) is 2. The van der Waals surface area contributed by atoms with Crippen molar-refractivity contribution in [2.75, 3.05) is 13.1 Å².